The standard InChI is InChI=1S/C9H12N2O3S/c1-15(13,14)11-9(12)7-10-8-5-3-2-4-6-8/h2-6,10H,7H2,1H3,(H,11,12). The maximum Gasteiger partial charge on any atom is 0.252 e. The molecular formula is C9H12N2O3S. The number of carbonyl (C=O) groups is 1. The van der Waals surface area contributed by atoms with Crippen molar-refractivity contribution in [3.8, 4) is 0 Å². The van der Waals surface area contributed by atoms with Crippen LogP contribution in [0.5, 0.6) is 0 Å². The summed E-state index contributed by atoms with van der Waals surface area (Å²) in [6.45, 7) is -0.0723. The van der Waals surface area contributed by atoms with Gasteiger partial charge < -0.3 is 5.32 Å². The van der Waals surface area contributed by atoms with Gasteiger partial charge in [0.15, 0.2) is 0 Å². The summed E-state index contributed by atoms with van der Waals surface area (Å²) in [7, 11) is -3.47. The van der Waals surface area contributed by atoms with Gasteiger partial charge >= 0.3 is 0 Å². The minimum Gasteiger partial charge on any atom is -0.376 e. The summed E-state index contributed by atoms with van der Waals surface area (Å²) in [6.07, 6.45) is 0.938. The van der Waals surface area contributed by atoms with Gasteiger partial charge in [0.25, 0.3) is 5.91 Å². The molecule has 1 aromatic carbocycles. The Morgan fingerprint density at radius 1 is 1.27 bits per heavy atom. The van der Waals surface area contributed by atoms with Gasteiger partial charge in [-0.05, 0) is 12.1 Å². The van der Waals surface area contributed by atoms with Crippen molar-refractivity contribution in [3.05, 3.63) is 30.3 Å². The Morgan fingerprint density at radius 2 is 1.87 bits per heavy atom. The number of nitrogens with one attached hydrogen (secondary N) is 2. The van der Waals surface area contributed by atoms with Gasteiger partial charge in [0.2, 0.25) is 10.0 Å². The van der Waals surface area contributed by atoms with E-state index in [9.17, 15) is 13.2 Å². The molecule has 0 atom stereocenters. The van der Waals surface area contributed by atoms with E-state index in [1.54, 1.807) is 12.1 Å². The van der Waals surface area contributed by atoms with E-state index in [0.717, 1.165) is 11.9 Å². The zero-order chi connectivity index (χ0) is 11.3. The van der Waals surface area contributed by atoms with Crippen LogP contribution in [0.4, 0.5) is 5.69 Å². The lowest BCUT2D eigenvalue weighted by atomic mass is 10.3. The van der Waals surface area contributed by atoms with Crippen molar-refractivity contribution in [2.24, 2.45) is 0 Å². The first kappa shape index (κ1) is 11.5. The number of rotatable bonds is 4. The smallest absolute Gasteiger partial charge is 0.252 e. The van der Waals surface area contributed by atoms with Gasteiger partial charge in [-0.25, -0.2) is 8.42 Å². The molecule has 0 spiro atoms. The summed E-state index contributed by atoms with van der Waals surface area (Å²) in [6, 6.07) is 9.05. The second kappa shape index (κ2) is 4.79. The molecule has 0 aliphatic heterocycles. The predicted octanol–water partition coefficient (Wildman–Crippen LogP) is 0.174. The molecular weight excluding hydrogens is 216 g/mol. The van der Waals surface area contributed by atoms with Crippen LogP contribution in [0.25, 0.3) is 0 Å². The van der Waals surface area contributed by atoms with Crippen LogP contribution >= 0.6 is 0 Å². The summed E-state index contributed by atoms with van der Waals surface area (Å²) in [5.74, 6) is -0.582. The summed E-state index contributed by atoms with van der Waals surface area (Å²) < 4.78 is 23.2. The SMILES string of the molecule is CS(=O)(=O)NC(=O)CNc1ccccc1. The Balaban J connectivity index is 2.42. The van der Waals surface area contributed by atoms with Crippen molar-refractivity contribution < 1.29 is 13.2 Å². The molecule has 0 aliphatic carbocycles. The molecule has 6 heteroatoms. The van der Waals surface area contributed by atoms with Gasteiger partial charge in [-0.3, -0.25) is 9.52 Å². The van der Waals surface area contributed by atoms with Crippen molar-refractivity contribution in [1.29, 1.82) is 0 Å². The third-order valence-electron chi connectivity index (χ3n) is 1.53. The fraction of sp³-hybridized carbons (Fsp3) is 0.222. The van der Waals surface area contributed by atoms with E-state index in [1.165, 1.54) is 0 Å². The summed E-state index contributed by atoms with van der Waals surface area (Å²) >= 11 is 0. The predicted molar refractivity (Wildman–Crippen MR) is 57.9 cm³/mol. The van der Waals surface area contributed by atoms with Crippen molar-refractivity contribution in [2.45, 2.75) is 0 Å². The number of sulfonamides is 1. The van der Waals surface area contributed by atoms with Crippen LogP contribution in [0.2, 0.25) is 0 Å². The second-order valence-corrected chi connectivity index (χ2v) is 4.77. The van der Waals surface area contributed by atoms with Crippen LogP contribution in [0.1, 0.15) is 0 Å². The van der Waals surface area contributed by atoms with Gasteiger partial charge in [0.05, 0.1) is 12.8 Å². The molecule has 2 N–H and O–H groups in total. The quantitative estimate of drug-likeness (QED) is 0.770. The molecule has 0 aliphatic rings. The molecule has 0 aromatic heterocycles. The van der Waals surface area contributed by atoms with Gasteiger partial charge in [-0.1, -0.05) is 18.2 Å². The lowest BCUT2D eigenvalue weighted by Gasteiger charge is -2.05. The van der Waals surface area contributed by atoms with Crippen molar-refractivity contribution in [3.63, 3.8) is 0 Å². The zero-order valence-corrected chi connectivity index (χ0v) is 9.04. The average molecular weight is 228 g/mol. The van der Waals surface area contributed by atoms with E-state index in [-0.39, 0.29) is 6.54 Å². The Bertz CT molecular complexity index is 428. The van der Waals surface area contributed by atoms with Crippen LogP contribution in [0.3, 0.4) is 0 Å². The minimum atomic E-state index is -3.47. The normalized spacial score (nSPS) is 10.7. The summed E-state index contributed by atoms with van der Waals surface area (Å²) in [4.78, 5) is 11.1. The largest absolute Gasteiger partial charge is 0.376 e. The first-order chi connectivity index (χ1) is 6.97. The maximum atomic E-state index is 11.1. The third kappa shape index (κ3) is 5.02. The second-order valence-electron chi connectivity index (χ2n) is 3.02. The molecule has 1 aromatic rings. The molecule has 0 saturated carbocycles. The van der Waals surface area contributed by atoms with Crippen LogP contribution in [-0.4, -0.2) is 27.1 Å². The number of carbonyl (C=O) groups excluding carboxylic acids is 1. The molecule has 0 bridgehead atoms. The topological polar surface area (TPSA) is 75.3 Å². The number of amides is 1. The number of anilines is 1. The van der Waals surface area contributed by atoms with Gasteiger partial charge in [-0.2, -0.15) is 0 Å². The van der Waals surface area contributed by atoms with E-state index in [4.69, 9.17) is 0 Å². The molecule has 15 heavy (non-hydrogen) atoms. The van der Waals surface area contributed by atoms with E-state index < -0.39 is 15.9 Å². The number of hydrogen-bond acceptors (Lipinski definition) is 4. The Morgan fingerprint density at radius 3 is 2.40 bits per heavy atom. The van der Waals surface area contributed by atoms with Crippen LogP contribution in [0.15, 0.2) is 30.3 Å². The van der Waals surface area contributed by atoms with Crippen LogP contribution in [0, 0.1) is 0 Å². The highest BCUT2D eigenvalue weighted by atomic mass is 32.2. The zero-order valence-electron chi connectivity index (χ0n) is 8.23. The van der Waals surface area contributed by atoms with Crippen molar-refractivity contribution in [2.75, 3.05) is 18.1 Å². The molecule has 5 nitrogen and oxygen atoms in total. The molecule has 1 amide bonds. The fourth-order valence-corrected chi connectivity index (χ4v) is 1.47. The lowest BCUT2D eigenvalue weighted by Crippen LogP contribution is -2.34. The summed E-state index contributed by atoms with van der Waals surface area (Å²) in [5.41, 5.74) is 0.765. The first-order valence-corrected chi connectivity index (χ1v) is 6.16. The molecule has 0 fully saturated rings. The molecule has 1 rings (SSSR count). The van der Waals surface area contributed by atoms with Crippen LogP contribution in [-0.2, 0) is 14.8 Å². The Labute approximate surface area is 88.5 Å². The highest BCUT2D eigenvalue weighted by Gasteiger charge is 2.07. The minimum absolute atomic E-state index is 0.0723. The lowest BCUT2D eigenvalue weighted by molar-refractivity contribution is -0.117. The van der Waals surface area contributed by atoms with Crippen molar-refractivity contribution in [1.82, 2.24) is 4.72 Å². The number of benzene rings is 1. The van der Waals surface area contributed by atoms with E-state index in [0.29, 0.717) is 0 Å². The van der Waals surface area contributed by atoms with Crippen LogP contribution < -0.4 is 10.0 Å². The molecule has 0 radical (unpaired) electrons. The highest BCUT2D eigenvalue weighted by molar-refractivity contribution is 7.89. The van der Waals surface area contributed by atoms with Gasteiger partial charge in [-0.15, -0.1) is 0 Å². The van der Waals surface area contributed by atoms with Gasteiger partial charge in [0, 0.05) is 5.69 Å². The molecule has 82 valence electrons. The number of para-hydroxylation sites is 1. The number of hydrogen-bond donors (Lipinski definition) is 2. The van der Waals surface area contributed by atoms with Gasteiger partial charge in [0.1, 0.15) is 0 Å². The van der Waals surface area contributed by atoms with E-state index in [1.807, 2.05) is 22.9 Å². The maximum absolute atomic E-state index is 11.1. The summed E-state index contributed by atoms with van der Waals surface area (Å²) in [5, 5.41) is 2.79. The molecule has 0 unspecified atom stereocenters. The Hall–Kier alpha value is -1.56. The van der Waals surface area contributed by atoms with E-state index >= 15 is 0 Å². The first-order valence-electron chi connectivity index (χ1n) is 4.27. The fourth-order valence-electron chi connectivity index (χ4n) is 0.981. The third-order valence-corrected chi connectivity index (χ3v) is 2.12. The van der Waals surface area contributed by atoms with E-state index in [2.05, 4.69) is 5.32 Å². The highest BCUT2D eigenvalue weighted by Crippen LogP contribution is 2.03. The average Bonchev–Trinajstić information content (AvgIpc) is 2.14. The molecule has 0 saturated heterocycles. The Kier molecular flexibility index (Phi) is 3.68. The van der Waals surface area contributed by atoms with Crippen molar-refractivity contribution >= 4 is 21.6 Å². The molecule has 0 heterocycles. The monoisotopic (exact) mass is 228 g/mol.